The maximum absolute atomic E-state index is 14.9. The molecule has 1 N–H and O–H groups in total. The normalized spacial score (nSPS) is 10.9. The zero-order valence-electron chi connectivity index (χ0n) is 18.7. The van der Waals surface area contributed by atoms with Crippen molar-refractivity contribution in [2.75, 3.05) is 12.4 Å². The standard InChI is InChI=1S/C22H21F3N4O5/c1-11(2)34-19-16(24)7-5-13(18(19)25)10-28-21(31)20(33-4)27-29(22(28)32)14-6-8-15(23)17(9-14)26-12(3)30/h5-9,11H,10H2,1-4H3,(H,26,30). The number of rotatable bonds is 7. The van der Waals surface area contributed by atoms with E-state index in [0.717, 1.165) is 36.1 Å². The van der Waals surface area contributed by atoms with Gasteiger partial charge < -0.3 is 14.8 Å². The number of carbonyl (C=O) groups excluding carboxylic acids is 1. The smallest absolute Gasteiger partial charge is 0.352 e. The Balaban J connectivity index is 2.17. The first kappa shape index (κ1) is 24.6. The molecule has 1 amide bonds. The highest BCUT2D eigenvalue weighted by Gasteiger charge is 2.21. The van der Waals surface area contributed by atoms with Crippen molar-refractivity contribution in [3.8, 4) is 17.3 Å². The van der Waals surface area contributed by atoms with Crippen molar-refractivity contribution in [2.24, 2.45) is 0 Å². The molecule has 2 aromatic carbocycles. The van der Waals surface area contributed by atoms with E-state index in [9.17, 15) is 27.6 Å². The Hall–Kier alpha value is -4.09. The number of nitrogens with one attached hydrogen (secondary N) is 1. The number of methoxy groups -OCH3 is 1. The molecule has 0 aliphatic rings. The molecule has 34 heavy (non-hydrogen) atoms. The van der Waals surface area contributed by atoms with Crippen LogP contribution in [0.15, 0.2) is 39.9 Å². The van der Waals surface area contributed by atoms with Gasteiger partial charge in [0.1, 0.15) is 5.82 Å². The van der Waals surface area contributed by atoms with Gasteiger partial charge in [-0.1, -0.05) is 6.07 Å². The highest BCUT2D eigenvalue weighted by molar-refractivity contribution is 5.89. The molecule has 0 saturated carbocycles. The van der Waals surface area contributed by atoms with Crippen LogP contribution in [0.25, 0.3) is 5.69 Å². The summed E-state index contributed by atoms with van der Waals surface area (Å²) in [5, 5.41) is 6.12. The van der Waals surface area contributed by atoms with Crippen LogP contribution >= 0.6 is 0 Å². The van der Waals surface area contributed by atoms with Crippen LogP contribution in [0.4, 0.5) is 18.9 Å². The van der Waals surface area contributed by atoms with E-state index >= 15 is 0 Å². The van der Waals surface area contributed by atoms with Gasteiger partial charge in [0.05, 0.1) is 31.1 Å². The fourth-order valence-corrected chi connectivity index (χ4v) is 3.07. The van der Waals surface area contributed by atoms with Gasteiger partial charge in [0.2, 0.25) is 5.91 Å². The number of ether oxygens (including phenoxy) is 2. The second-order valence-corrected chi connectivity index (χ2v) is 7.46. The third-order valence-corrected chi connectivity index (χ3v) is 4.54. The van der Waals surface area contributed by atoms with Gasteiger partial charge in [0, 0.05) is 12.5 Å². The molecular formula is C22H21F3N4O5. The lowest BCUT2D eigenvalue weighted by atomic mass is 10.2. The van der Waals surface area contributed by atoms with Gasteiger partial charge in [-0.2, -0.15) is 4.68 Å². The molecule has 0 atom stereocenters. The fraction of sp³-hybridized carbons (Fsp3) is 0.273. The Morgan fingerprint density at radius 2 is 1.79 bits per heavy atom. The quantitative estimate of drug-likeness (QED) is 0.560. The number of halogens is 3. The van der Waals surface area contributed by atoms with Crippen LogP contribution in [0.1, 0.15) is 26.3 Å². The Morgan fingerprint density at radius 3 is 2.41 bits per heavy atom. The topological polar surface area (TPSA) is 104 Å². The summed E-state index contributed by atoms with van der Waals surface area (Å²) >= 11 is 0. The summed E-state index contributed by atoms with van der Waals surface area (Å²) < 4.78 is 54.6. The average molecular weight is 478 g/mol. The van der Waals surface area contributed by atoms with Crippen LogP contribution in [0.5, 0.6) is 11.6 Å². The first-order valence-corrected chi connectivity index (χ1v) is 10.0. The Morgan fingerprint density at radius 1 is 1.12 bits per heavy atom. The molecule has 0 unspecified atom stereocenters. The van der Waals surface area contributed by atoms with Crippen LogP contribution in [0.2, 0.25) is 0 Å². The molecule has 0 aliphatic heterocycles. The van der Waals surface area contributed by atoms with E-state index < -0.39 is 58.9 Å². The van der Waals surface area contributed by atoms with Crippen molar-refractivity contribution in [2.45, 2.75) is 33.4 Å². The zero-order valence-corrected chi connectivity index (χ0v) is 18.7. The maximum atomic E-state index is 14.9. The molecule has 1 aromatic heterocycles. The molecule has 0 bridgehead atoms. The van der Waals surface area contributed by atoms with Crippen LogP contribution in [0, 0.1) is 17.5 Å². The first-order chi connectivity index (χ1) is 16.0. The molecule has 9 nitrogen and oxygen atoms in total. The minimum absolute atomic E-state index is 0.00870. The summed E-state index contributed by atoms with van der Waals surface area (Å²) in [5.74, 6) is -4.48. The molecular weight excluding hydrogens is 457 g/mol. The molecule has 0 radical (unpaired) electrons. The van der Waals surface area contributed by atoms with Crippen molar-refractivity contribution in [1.82, 2.24) is 14.3 Å². The molecule has 0 saturated heterocycles. The maximum Gasteiger partial charge on any atom is 0.352 e. The van der Waals surface area contributed by atoms with Crippen LogP contribution < -0.4 is 26.0 Å². The number of carbonyl (C=O) groups is 1. The summed E-state index contributed by atoms with van der Waals surface area (Å²) in [4.78, 5) is 37.2. The average Bonchev–Trinajstić information content (AvgIpc) is 2.77. The largest absolute Gasteiger partial charge is 0.485 e. The van der Waals surface area contributed by atoms with Crippen LogP contribution in [0.3, 0.4) is 0 Å². The van der Waals surface area contributed by atoms with Crippen molar-refractivity contribution < 1.29 is 27.4 Å². The lowest BCUT2D eigenvalue weighted by Gasteiger charge is -2.15. The predicted octanol–water partition coefficient (Wildman–Crippen LogP) is 2.61. The summed E-state index contributed by atoms with van der Waals surface area (Å²) in [7, 11) is 1.14. The summed E-state index contributed by atoms with van der Waals surface area (Å²) in [6.45, 7) is 3.74. The monoisotopic (exact) mass is 478 g/mol. The third-order valence-electron chi connectivity index (χ3n) is 4.54. The number of amides is 1. The minimum Gasteiger partial charge on any atom is -0.485 e. The first-order valence-electron chi connectivity index (χ1n) is 10.0. The summed E-state index contributed by atoms with van der Waals surface area (Å²) in [6.07, 6.45) is -0.531. The molecule has 0 spiro atoms. The van der Waals surface area contributed by atoms with E-state index in [2.05, 4.69) is 10.4 Å². The molecule has 0 aliphatic carbocycles. The second-order valence-electron chi connectivity index (χ2n) is 7.46. The van der Waals surface area contributed by atoms with Gasteiger partial charge in [-0.15, -0.1) is 5.10 Å². The second kappa shape index (κ2) is 9.81. The number of benzene rings is 2. The van der Waals surface area contributed by atoms with Gasteiger partial charge in [-0.05, 0) is 38.1 Å². The number of nitrogens with zero attached hydrogens (tertiary/aromatic N) is 3. The Bertz CT molecular complexity index is 1370. The number of hydrogen-bond donors (Lipinski definition) is 1. The molecule has 3 aromatic rings. The molecule has 3 rings (SSSR count). The van der Waals surface area contributed by atoms with Gasteiger partial charge in [0.15, 0.2) is 17.4 Å². The summed E-state index contributed by atoms with van der Waals surface area (Å²) in [6, 6.07) is 5.35. The van der Waals surface area contributed by atoms with Crippen LogP contribution in [-0.4, -0.2) is 33.5 Å². The fourth-order valence-electron chi connectivity index (χ4n) is 3.07. The van der Waals surface area contributed by atoms with Gasteiger partial charge in [-0.3, -0.25) is 9.59 Å². The lowest BCUT2D eigenvalue weighted by Crippen LogP contribution is -2.41. The van der Waals surface area contributed by atoms with E-state index in [1.807, 2.05) is 0 Å². The minimum atomic E-state index is -1.07. The van der Waals surface area contributed by atoms with E-state index in [1.165, 1.54) is 13.0 Å². The van der Waals surface area contributed by atoms with Crippen molar-refractivity contribution in [3.63, 3.8) is 0 Å². The molecule has 0 fully saturated rings. The lowest BCUT2D eigenvalue weighted by molar-refractivity contribution is -0.114. The third kappa shape index (κ3) is 4.95. The zero-order chi connectivity index (χ0) is 25.2. The van der Waals surface area contributed by atoms with E-state index in [4.69, 9.17) is 9.47 Å². The van der Waals surface area contributed by atoms with Crippen molar-refractivity contribution in [3.05, 3.63) is 74.2 Å². The van der Waals surface area contributed by atoms with E-state index in [1.54, 1.807) is 13.8 Å². The number of aromatic nitrogens is 3. The highest BCUT2D eigenvalue weighted by atomic mass is 19.1. The van der Waals surface area contributed by atoms with Gasteiger partial charge in [-0.25, -0.2) is 22.5 Å². The van der Waals surface area contributed by atoms with Gasteiger partial charge >= 0.3 is 11.2 Å². The van der Waals surface area contributed by atoms with Gasteiger partial charge in [0.25, 0.3) is 5.88 Å². The SMILES string of the molecule is COc1nn(-c2ccc(F)c(NC(C)=O)c2)c(=O)n(Cc2ccc(F)c(OC(C)C)c2F)c1=O. The van der Waals surface area contributed by atoms with Crippen LogP contribution in [-0.2, 0) is 11.3 Å². The molecule has 12 heteroatoms. The van der Waals surface area contributed by atoms with E-state index in [0.29, 0.717) is 4.57 Å². The van der Waals surface area contributed by atoms with E-state index in [-0.39, 0.29) is 16.9 Å². The molecule has 1 heterocycles. The Labute approximate surface area is 191 Å². The molecule has 180 valence electrons. The van der Waals surface area contributed by atoms with Crippen molar-refractivity contribution in [1.29, 1.82) is 0 Å². The summed E-state index contributed by atoms with van der Waals surface area (Å²) in [5.41, 5.74) is -2.42. The highest BCUT2D eigenvalue weighted by Crippen LogP contribution is 2.26. The van der Waals surface area contributed by atoms with Crippen molar-refractivity contribution >= 4 is 11.6 Å². The predicted molar refractivity (Wildman–Crippen MR) is 116 cm³/mol. The number of hydrogen-bond acceptors (Lipinski definition) is 6. The number of anilines is 1. The Kier molecular flexibility index (Phi) is 7.08.